The van der Waals surface area contributed by atoms with Crippen molar-refractivity contribution in [2.24, 2.45) is 0 Å². The molecule has 1 aliphatic heterocycles. The van der Waals surface area contributed by atoms with Crippen LogP contribution in [-0.2, 0) is 9.53 Å². The Morgan fingerprint density at radius 2 is 2.11 bits per heavy atom. The maximum atomic E-state index is 12.1. The zero-order valence-electron chi connectivity index (χ0n) is 9.67. The van der Waals surface area contributed by atoms with Crippen molar-refractivity contribution in [3.8, 4) is 5.75 Å². The standard InChI is InChI=1S/C12H10ClF3O3/c13-9-5-7(11-6-8(17)3-4-18-11)1-2-10(9)19-12(14,15)16/h1-2,5,11H,3-4,6H2. The van der Waals surface area contributed by atoms with Gasteiger partial charge in [-0.05, 0) is 17.7 Å². The summed E-state index contributed by atoms with van der Waals surface area (Å²) >= 11 is 5.73. The molecule has 0 N–H and O–H groups in total. The highest BCUT2D eigenvalue weighted by Gasteiger charge is 2.32. The highest BCUT2D eigenvalue weighted by atomic mass is 35.5. The molecule has 1 unspecified atom stereocenters. The number of halogens is 4. The van der Waals surface area contributed by atoms with E-state index < -0.39 is 18.2 Å². The molecule has 19 heavy (non-hydrogen) atoms. The predicted octanol–water partition coefficient (Wildman–Crippen LogP) is 3.66. The minimum atomic E-state index is -4.79. The first-order valence-electron chi connectivity index (χ1n) is 5.53. The van der Waals surface area contributed by atoms with Crippen molar-refractivity contribution >= 4 is 17.4 Å². The number of rotatable bonds is 2. The third-order valence-electron chi connectivity index (χ3n) is 2.67. The van der Waals surface area contributed by atoms with Crippen LogP contribution in [-0.4, -0.2) is 18.8 Å². The molecule has 3 nitrogen and oxygen atoms in total. The molecule has 0 radical (unpaired) electrons. The Balaban J connectivity index is 2.16. The summed E-state index contributed by atoms with van der Waals surface area (Å²) in [5.74, 6) is -0.414. The van der Waals surface area contributed by atoms with Gasteiger partial charge in [0.05, 0.1) is 17.7 Å². The summed E-state index contributed by atoms with van der Waals surface area (Å²) in [4.78, 5) is 11.3. The normalized spacial score (nSPS) is 20.4. The smallest absolute Gasteiger partial charge is 0.404 e. The molecular weight excluding hydrogens is 285 g/mol. The van der Waals surface area contributed by atoms with Gasteiger partial charge in [0.2, 0.25) is 0 Å². The van der Waals surface area contributed by atoms with Crippen LogP contribution < -0.4 is 4.74 Å². The number of carbonyl (C=O) groups excluding carboxylic acids is 1. The Kier molecular flexibility index (Phi) is 4.01. The SMILES string of the molecule is O=C1CCOC(c2ccc(OC(F)(F)F)c(Cl)c2)C1. The van der Waals surface area contributed by atoms with Crippen LogP contribution in [0.5, 0.6) is 5.75 Å². The number of alkyl halides is 3. The van der Waals surface area contributed by atoms with Gasteiger partial charge >= 0.3 is 6.36 Å². The number of benzene rings is 1. The number of ether oxygens (including phenoxy) is 2. The Bertz CT molecular complexity index is 488. The van der Waals surface area contributed by atoms with Gasteiger partial charge < -0.3 is 9.47 Å². The van der Waals surface area contributed by atoms with Gasteiger partial charge in [-0.25, -0.2) is 0 Å². The third kappa shape index (κ3) is 3.84. The van der Waals surface area contributed by atoms with Crippen LogP contribution in [0.4, 0.5) is 13.2 Å². The zero-order chi connectivity index (χ0) is 14.0. The van der Waals surface area contributed by atoms with Gasteiger partial charge in [0.1, 0.15) is 11.5 Å². The molecule has 1 heterocycles. The van der Waals surface area contributed by atoms with Crippen molar-refractivity contribution in [1.82, 2.24) is 0 Å². The molecular formula is C12H10ClF3O3. The lowest BCUT2D eigenvalue weighted by Crippen LogP contribution is -2.20. The van der Waals surface area contributed by atoms with Crippen molar-refractivity contribution in [3.05, 3.63) is 28.8 Å². The minimum absolute atomic E-state index is 0.0583. The van der Waals surface area contributed by atoms with E-state index in [1.807, 2.05) is 0 Å². The molecule has 0 saturated carbocycles. The Labute approximate surface area is 112 Å². The third-order valence-corrected chi connectivity index (χ3v) is 2.96. The van der Waals surface area contributed by atoms with Crippen LogP contribution in [0.15, 0.2) is 18.2 Å². The Morgan fingerprint density at radius 3 is 2.68 bits per heavy atom. The molecule has 1 saturated heterocycles. The highest BCUT2D eigenvalue weighted by Crippen LogP contribution is 2.34. The summed E-state index contributed by atoms with van der Waals surface area (Å²) in [5.41, 5.74) is 0.563. The summed E-state index contributed by atoms with van der Waals surface area (Å²) in [6.07, 6.45) is -4.68. The molecule has 1 aromatic carbocycles. The number of hydrogen-bond donors (Lipinski definition) is 0. The highest BCUT2D eigenvalue weighted by molar-refractivity contribution is 6.32. The van der Waals surface area contributed by atoms with Crippen LogP contribution >= 0.6 is 11.6 Å². The fourth-order valence-corrected chi connectivity index (χ4v) is 2.05. The second kappa shape index (κ2) is 5.38. The topological polar surface area (TPSA) is 35.5 Å². The summed E-state index contributed by atoms with van der Waals surface area (Å²) in [5, 5.41) is -0.170. The van der Waals surface area contributed by atoms with E-state index in [0.29, 0.717) is 18.6 Å². The van der Waals surface area contributed by atoms with E-state index in [9.17, 15) is 18.0 Å². The van der Waals surface area contributed by atoms with E-state index in [0.717, 1.165) is 6.07 Å². The molecule has 7 heteroatoms. The molecule has 2 rings (SSSR count). The summed E-state index contributed by atoms with van der Waals surface area (Å²) in [6, 6.07) is 3.86. The number of ketones is 1. The second-order valence-electron chi connectivity index (χ2n) is 4.09. The first-order valence-corrected chi connectivity index (χ1v) is 5.91. The van der Waals surface area contributed by atoms with Gasteiger partial charge in [-0.15, -0.1) is 13.2 Å². The molecule has 0 spiro atoms. The fraction of sp³-hybridized carbons (Fsp3) is 0.417. The minimum Gasteiger partial charge on any atom is -0.404 e. The molecule has 1 aliphatic rings. The van der Waals surface area contributed by atoms with E-state index in [2.05, 4.69) is 4.74 Å². The lowest BCUT2D eigenvalue weighted by molar-refractivity contribution is -0.274. The van der Waals surface area contributed by atoms with Crippen molar-refractivity contribution < 1.29 is 27.4 Å². The van der Waals surface area contributed by atoms with E-state index in [-0.39, 0.29) is 17.2 Å². The molecule has 0 bridgehead atoms. The molecule has 104 valence electrons. The predicted molar refractivity (Wildman–Crippen MR) is 61.1 cm³/mol. The van der Waals surface area contributed by atoms with Gasteiger partial charge in [0.15, 0.2) is 0 Å². The van der Waals surface area contributed by atoms with Crippen LogP contribution in [0, 0.1) is 0 Å². The monoisotopic (exact) mass is 294 g/mol. The van der Waals surface area contributed by atoms with E-state index in [1.54, 1.807) is 0 Å². The van der Waals surface area contributed by atoms with Crippen LogP contribution in [0.2, 0.25) is 5.02 Å². The lowest BCUT2D eigenvalue weighted by Gasteiger charge is -2.22. The van der Waals surface area contributed by atoms with Crippen LogP contribution in [0.1, 0.15) is 24.5 Å². The van der Waals surface area contributed by atoms with Crippen LogP contribution in [0.25, 0.3) is 0 Å². The maximum Gasteiger partial charge on any atom is 0.573 e. The molecule has 1 fully saturated rings. The largest absolute Gasteiger partial charge is 0.573 e. The summed E-state index contributed by atoms with van der Waals surface area (Å²) in [7, 11) is 0. The number of Topliss-reactive ketones (excluding diaryl/α,β-unsaturated/α-hetero) is 1. The van der Waals surface area contributed by atoms with Crippen molar-refractivity contribution in [1.29, 1.82) is 0 Å². The van der Waals surface area contributed by atoms with E-state index >= 15 is 0 Å². The molecule has 0 aliphatic carbocycles. The van der Waals surface area contributed by atoms with Gasteiger partial charge in [-0.3, -0.25) is 4.79 Å². The molecule has 1 aromatic rings. The second-order valence-corrected chi connectivity index (χ2v) is 4.50. The number of carbonyl (C=O) groups is 1. The lowest BCUT2D eigenvalue weighted by atomic mass is 10.0. The van der Waals surface area contributed by atoms with Crippen molar-refractivity contribution in [3.63, 3.8) is 0 Å². The van der Waals surface area contributed by atoms with Crippen molar-refractivity contribution in [2.75, 3.05) is 6.61 Å². The van der Waals surface area contributed by atoms with E-state index in [4.69, 9.17) is 16.3 Å². The van der Waals surface area contributed by atoms with Crippen LogP contribution in [0.3, 0.4) is 0 Å². The first kappa shape index (κ1) is 14.1. The number of hydrogen-bond acceptors (Lipinski definition) is 3. The van der Waals surface area contributed by atoms with Gasteiger partial charge in [0, 0.05) is 12.8 Å². The first-order chi connectivity index (χ1) is 8.85. The average molecular weight is 295 g/mol. The quantitative estimate of drug-likeness (QED) is 0.835. The van der Waals surface area contributed by atoms with E-state index in [1.165, 1.54) is 12.1 Å². The zero-order valence-corrected chi connectivity index (χ0v) is 10.4. The van der Waals surface area contributed by atoms with Crippen molar-refractivity contribution in [2.45, 2.75) is 25.3 Å². The van der Waals surface area contributed by atoms with Gasteiger partial charge in [0.25, 0.3) is 0 Å². The molecule has 0 aromatic heterocycles. The average Bonchev–Trinajstić information content (AvgIpc) is 2.30. The van der Waals surface area contributed by atoms with Gasteiger partial charge in [-0.2, -0.15) is 0 Å². The maximum absolute atomic E-state index is 12.1. The Hall–Kier alpha value is -1.27. The fourth-order valence-electron chi connectivity index (χ4n) is 1.82. The summed E-state index contributed by atoms with van der Waals surface area (Å²) in [6.45, 7) is 0.307. The molecule has 1 atom stereocenters. The Morgan fingerprint density at radius 1 is 1.37 bits per heavy atom. The van der Waals surface area contributed by atoms with Gasteiger partial charge in [-0.1, -0.05) is 17.7 Å². The molecule has 0 amide bonds. The summed E-state index contributed by atoms with van der Waals surface area (Å²) < 4.78 is 45.4.